The molecule has 0 saturated carbocycles. The largest absolute Gasteiger partial charge is 0.320 e. The van der Waals surface area contributed by atoms with E-state index in [9.17, 15) is 0 Å². The highest BCUT2D eigenvalue weighted by atomic mass is 14.8. The third kappa shape index (κ3) is 4.35. The van der Waals surface area contributed by atoms with Crippen LogP contribution in [0.1, 0.15) is 26.2 Å². The number of rotatable bonds is 7. The van der Waals surface area contributed by atoms with Gasteiger partial charge in [-0.2, -0.15) is 0 Å². The van der Waals surface area contributed by atoms with E-state index < -0.39 is 0 Å². The molecular weight excluding hydrogens is 146 g/mol. The molecule has 0 aliphatic rings. The van der Waals surface area contributed by atoms with Gasteiger partial charge >= 0.3 is 0 Å². The van der Waals surface area contributed by atoms with Crippen molar-refractivity contribution < 1.29 is 0 Å². The van der Waals surface area contributed by atoms with Crippen LogP contribution >= 0.6 is 0 Å². The Morgan fingerprint density at radius 2 is 1.75 bits per heavy atom. The average Bonchev–Trinajstić information content (AvgIpc) is 2.02. The third-order valence-corrected chi connectivity index (χ3v) is 2.25. The molecule has 0 fully saturated rings. The van der Waals surface area contributed by atoms with Crippen molar-refractivity contribution in [3.05, 3.63) is 25.3 Å². The van der Waals surface area contributed by atoms with E-state index in [-0.39, 0.29) is 0 Å². The average molecular weight is 167 g/mol. The highest BCUT2D eigenvalue weighted by molar-refractivity contribution is 4.88. The number of allylic oxidation sites excluding steroid dienone is 2. The summed E-state index contributed by atoms with van der Waals surface area (Å²) in [5.41, 5.74) is 0.354. The summed E-state index contributed by atoms with van der Waals surface area (Å²) in [6, 6.07) is 0. The lowest BCUT2D eigenvalue weighted by atomic mass is 9.80. The van der Waals surface area contributed by atoms with Gasteiger partial charge in [0.2, 0.25) is 0 Å². The summed E-state index contributed by atoms with van der Waals surface area (Å²) in [4.78, 5) is 0. The first-order valence-corrected chi connectivity index (χ1v) is 4.55. The van der Waals surface area contributed by atoms with Crippen molar-refractivity contribution in [2.75, 3.05) is 13.6 Å². The van der Waals surface area contributed by atoms with Gasteiger partial charge in [-0.1, -0.05) is 19.1 Å². The van der Waals surface area contributed by atoms with Gasteiger partial charge in [0.15, 0.2) is 0 Å². The van der Waals surface area contributed by atoms with Crippen molar-refractivity contribution >= 4 is 0 Å². The fourth-order valence-electron chi connectivity index (χ4n) is 1.41. The summed E-state index contributed by atoms with van der Waals surface area (Å²) in [5.74, 6) is 0. The molecule has 1 N–H and O–H groups in total. The molecule has 0 aromatic heterocycles. The Morgan fingerprint density at radius 3 is 2.08 bits per heavy atom. The summed E-state index contributed by atoms with van der Waals surface area (Å²) in [6.45, 7) is 10.9. The van der Waals surface area contributed by atoms with Crippen LogP contribution in [-0.4, -0.2) is 13.6 Å². The maximum Gasteiger partial charge on any atom is -0.00465 e. The van der Waals surface area contributed by atoms with E-state index in [1.807, 2.05) is 19.2 Å². The third-order valence-electron chi connectivity index (χ3n) is 2.25. The van der Waals surface area contributed by atoms with Gasteiger partial charge < -0.3 is 5.32 Å². The number of hydrogen-bond donors (Lipinski definition) is 1. The van der Waals surface area contributed by atoms with Gasteiger partial charge in [-0.05, 0) is 38.3 Å². The van der Waals surface area contributed by atoms with Crippen molar-refractivity contribution in [1.82, 2.24) is 5.32 Å². The first kappa shape index (κ1) is 11.4. The Morgan fingerprint density at radius 1 is 1.25 bits per heavy atom. The summed E-state index contributed by atoms with van der Waals surface area (Å²) < 4.78 is 0. The predicted molar refractivity (Wildman–Crippen MR) is 56.3 cm³/mol. The molecule has 70 valence electrons. The van der Waals surface area contributed by atoms with E-state index >= 15 is 0 Å². The molecule has 0 atom stereocenters. The molecule has 0 spiro atoms. The van der Waals surface area contributed by atoms with E-state index in [1.54, 1.807) is 0 Å². The zero-order chi connectivity index (χ0) is 9.45. The van der Waals surface area contributed by atoms with E-state index in [0.29, 0.717) is 5.41 Å². The first-order chi connectivity index (χ1) is 5.68. The molecule has 0 rings (SSSR count). The van der Waals surface area contributed by atoms with Crippen LogP contribution in [0.15, 0.2) is 25.3 Å². The Bertz CT molecular complexity index is 128. The second-order valence-corrected chi connectivity index (χ2v) is 3.65. The summed E-state index contributed by atoms with van der Waals surface area (Å²) >= 11 is 0. The monoisotopic (exact) mass is 167 g/mol. The van der Waals surface area contributed by atoms with Gasteiger partial charge in [0.05, 0.1) is 0 Å². The van der Waals surface area contributed by atoms with Gasteiger partial charge in [-0.25, -0.2) is 0 Å². The molecule has 0 aliphatic carbocycles. The molecule has 0 aromatic carbocycles. The fourth-order valence-corrected chi connectivity index (χ4v) is 1.41. The van der Waals surface area contributed by atoms with Gasteiger partial charge in [0.25, 0.3) is 0 Å². The molecule has 12 heavy (non-hydrogen) atoms. The summed E-state index contributed by atoms with van der Waals surface area (Å²) in [6.07, 6.45) is 7.32. The van der Waals surface area contributed by atoms with Crippen LogP contribution in [0.4, 0.5) is 0 Å². The summed E-state index contributed by atoms with van der Waals surface area (Å²) in [5, 5.41) is 3.17. The van der Waals surface area contributed by atoms with E-state index in [1.165, 1.54) is 6.42 Å². The maximum absolute atomic E-state index is 3.78. The lowest BCUT2D eigenvalue weighted by Gasteiger charge is -2.26. The fraction of sp³-hybridized carbons (Fsp3) is 0.636. The van der Waals surface area contributed by atoms with Crippen molar-refractivity contribution in [3.63, 3.8) is 0 Å². The van der Waals surface area contributed by atoms with Crippen LogP contribution in [0.5, 0.6) is 0 Å². The molecular formula is C11H21N. The maximum atomic E-state index is 3.78. The van der Waals surface area contributed by atoms with Crippen molar-refractivity contribution in [3.8, 4) is 0 Å². The molecule has 1 heteroatoms. The SMILES string of the molecule is C=CCC(C)(CC=C)CCNC. The highest BCUT2D eigenvalue weighted by Gasteiger charge is 2.19. The summed E-state index contributed by atoms with van der Waals surface area (Å²) in [7, 11) is 1.99. The Hall–Kier alpha value is -0.560. The first-order valence-electron chi connectivity index (χ1n) is 4.55. The smallest absolute Gasteiger partial charge is 0.00465 e. The Balaban J connectivity index is 3.96. The molecule has 0 radical (unpaired) electrons. The molecule has 0 saturated heterocycles. The topological polar surface area (TPSA) is 12.0 Å². The van der Waals surface area contributed by atoms with E-state index in [4.69, 9.17) is 0 Å². The van der Waals surface area contributed by atoms with E-state index in [2.05, 4.69) is 25.4 Å². The van der Waals surface area contributed by atoms with Crippen molar-refractivity contribution in [2.45, 2.75) is 26.2 Å². The van der Waals surface area contributed by atoms with E-state index in [0.717, 1.165) is 19.4 Å². The number of nitrogens with one attached hydrogen (secondary N) is 1. The normalized spacial score (nSPS) is 11.2. The molecule has 0 aliphatic heterocycles. The molecule has 0 unspecified atom stereocenters. The van der Waals surface area contributed by atoms with Gasteiger partial charge in [-0.3, -0.25) is 0 Å². The molecule has 0 heterocycles. The molecule has 0 bridgehead atoms. The van der Waals surface area contributed by atoms with Crippen LogP contribution < -0.4 is 5.32 Å². The quantitative estimate of drug-likeness (QED) is 0.575. The van der Waals surface area contributed by atoms with Crippen molar-refractivity contribution in [1.29, 1.82) is 0 Å². The Labute approximate surface area is 76.6 Å². The van der Waals surface area contributed by atoms with Crippen LogP contribution in [0.2, 0.25) is 0 Å². The van der Waals surface area contributed by atoms with Crippen LogP contribution in [0.3, 0.4) is 0 Å². The van der Waals surface area contributed by atoms with Gasteiger partial charge in [0.1, 0.15) is 0 Å². The van der Waals surface area contributed by atoms with Gasteiger partial charge in [-0.15, -0.1) is 13.2 Å². The van der Waals surface area contributed by atoms with Gasteiger partial charge in [0, 0.05) is 0 Å². The molecule has 1 nitrogen and oxygen atoms in total. The second-order valence-electron chi connectivity index (χ2n) is 3.65. The zero-order valence-electron chi connectivity index (χ0n) is 8.40. The lowest BCUT2D eigenvalue weighted by Crippen LogP contribution is -2.21. The van der Waals surface area contributed by atoms with Crippen LogP contribution in [-0.2, 0) is 0 Å². The highest BCUT2D eigenvalue weighted by Crippen LogP contribution is 2.30. The zero-order valence-corrected chi connectivity index (χ0v) is 8.40. The van der Waals surface area contributed by atoms with Crippen LogP contribution in [0, 0.1) is 5.41 Å². The minimum absolute atomic E-state index is 0.354. The Kier molecular flexibility index (Phi) is 5.73. The minimum Gasteiger partial charge on any atom is -0.320 e. The predicted octanol–water partition coefficient (Wildman–Crippen LogP) is 2.75. The standard InChI is InChI=1S/C11H21N/c1-5-7-11(3,8-6-2)9-10-12-4/h5-6,12H,1-2,7-10H2,3-4H3. The minimum atomic E-state index is 0.354. The molecule has 0 amide bonds. The molecule has 0 aromatic rings. The second kappa shape index (κ2) is 6.01. The number of hydrogen-bond acceptors (Lipinski definition) is 1. The van der Waals surface area contributed by atoms with Crippen molar-refractivity contribution in [2.24, 2.45) is 5.41 Å². The van der Waals surface area contributed by atoms with Crippen LogP contribution in [0.25, 0.3) is 0 Å². The lowest BCUT2D eigenvalue weighted by molar-refractivity contribution is 0.302.